The van der Waals surface area contributed by atoms with Crippen LogP contribution in [0.5, 0.6) is 0 Å². The van der Waals surface area contributed by atoms with E-state index in [2.05, 4.69) is 17.9 Å². The highest BCUT2D eigenvalue weighted by molar-refractivity contribution is 7.81. The number of carbonyl (C=O) groups excluding carboxylic acids is 4. The van der Waals surface area contributed by atoms with Crippen molar-refractivity contribution in [1.82, 2.24) is 10.4 Å². The Labute approximate surface area is 165 Å². The van der Waals surface area contributed by atoms with Crippen LogP contribution in [0.25, 0.3) is 0 Å². The van der Waals surface area contributed by atoms with Gasteiger partial charge in [0, 0.05) is 43.6 Å². The smallest absolute Gasteiger partial charge is 0.333 e. The summed E-state index contributed by atoms with van der Waals surface area (Å²) in [5.74, 6) is -1.95. The van der Waals surface area contributed by atoms with Gasteiger partial charge < -0.3 is 14.9 Å². The van der Waals surface area contributed by atoms with Crippen LogP contribution in [0.1, 0.15) is 66.2 Å². The largest absolute Gasteiger partial charge is 0.374 e. The summed E-state index contributed by atoms with van der Waals surface area (Å²) in [7, 11) is 0. The number of hydrogen-bond donors (Lipinski definition) is 2. The molecule has 8 nitrogen and oxygen atoms in total. The summed E-state index contributed by atoms with van der Waals surface area (Å²) < 4.78 is 5.67. The molecule has 1 heterocycles. The third-order valence-corrected chi connectivity index (χ3v) is 4.13. The van der Waals surface area contributed by atoms with E-state index in [1.54, 1.807) is 0 Å². The van der Waals surface area contributed by atoms with Crippen LogP contribution in [0.3, 0.4) is 0 Å². The third-order valence-electron chi connectivity index (χ3n) is 3.90. The second-order valence-electron chi connectivity index (χ2n) is 7.85. The van der Waals surface area contributed by atoms with E-state index in [-0.39, 0.29) is 42.8 Å². The van der Waals surface area contributed by atoms with Crippen molar-refractivity contribution in [1.29, 1.82) is 0 Å². The summed E-state index contributed by atoms with van der Waals surface area (Å²) in [6, 6.07) is 0. The number of carbonyl (C=O) groups is 4. The minimum atomic E-state index is -0.704. The molecule has 0 atom stereocenters. The Morgan fingerprint density at radius 1 is 1.11 bits per heavy atom. The fourth-order valence-electron chi connectivity index (χ4n) is 2.23. The minimum Gasteiger partial charge on any atom is -0.374 e. The Morgan fingerprint density at radius 3 is 2.26 bits per heavy atom. The highest BCUT2D eigenvalue weighted by Crippen LogP contribution is 2.19. The first kappa shape index (κ1) is 23.4. The molecule has 1 saturated heterocycles. The van der Waals surface area contributed by atoms with E-state index in [0.29, 0.717) is 18.2 Å². The van der Waals surface area contributed by atoms with Gasteiger partial charge in [-0.05, 0) is 26.7 Å². The average Bonchev–Trinajstić information content (AvgIpc) is 2.83. The van der Waals surface area contributed by atoms with Crippen molar-refractivity contribution in [3.63, 3.8) is 0 Å². The lowest BCUT2D eigenvalue weighted by Gasteiger charge is -2.27. The zero-order valence-corrected chi connectivity index (χ0v) is 17.4. The molecule has 1 rings (SSSR count). The number of hydrogen-bond acceptors (Lipinski definition) is 7. The van der Waals surface area contributed by atoms with Gasteiger partial charge in [-0.15, -0.1) is 5.06 Å². The van der Waals surface area contributed by atoms with Gasteiger partial charge in [-0.25, -0.2) is 4.79 Å². The normalized spacial score (nSPS) is 15.2. The molecule has 0 bridgehead atoms. The van der Waals surface area contributed by atoms with Crippen LogP contribution in [0.4, 0.5) is 0 Å². The molecule has 1 aliphatic heterocycles. The molecular weight excluding hydrogens is 372 g/mol. The van der Waals surface area contributed by atoms with Crippen molar-refractivity contribution in [3.8, 4) is 0 Å². The number of thiol groups is 1. The van der Waals surface area contributed by atoms with E-state index in [1.807, 2.05) is 27.7 Å². The summed E-state index contributed by atoms with van der Waals surface area (Å²) in [6.45, 7) is 8.68. The van der Waals surface area contributed by atoms with Gasteiger partial charge in [0.05, 0.1) is 5.60 Å². The number of nitrogens with one attached hydrogen (secondary N) is 1. The maximum absolute atomic E-state index is 11.9. The van der Waals surface area contributed by atoms with E-state index < -0.39 is 23.4 Å². The Balaban J connectivity index is 2.20. The second kappa shape index (κ2) is 10.1. The van der Waals surface area contributed by atoms with Crippen molar-refractivity contribution in [2.45, 2.75) is 76.6 Å². The first-order valence-electron chi connectivity index (χ1n) is 9.09. The maximum atomic E-state index is 11.9. The van der Waals surface area contributed by atoms with Crippen LogP contribution in [-0.2, 0) is 28.8 Å². The van der Waals surface area contributed by atoms with Gasteiger partial charge in [0.2, 0.25) is 5.91 Å². The van der Waals surface area contributed by atoms with E-state index in [9.17, 15) is 19.2 Å². The van der Waals surface area contributed by atoms with E-state index in [1.165, 1.54) is 0 Å². The van der Waals surface area contributed by atoms with Crippen molar-refractivity contribution in [2.24, 2.45) is 0 Å². The molecule has 3 amide bonds. The molecule has 9 heteroatoms. The molecule has 0 saturated carbocycles. The van der Waals surface area contributed by atoms with Crippen molar-refractivity contribution < 1.29 is 28.8 Å². The second-order valence-corrected chi connectivity index (χ2v) is 9.06. The molecule has 0 spiro atoms. The fraction of sp³-hybridized carbons (Fsp3) is 0.778. The molecule has 0 radical (unpaired) electrons. The third kappa shape index (κ3) is 9.76. The fourth-order valence-corrected chi connectivity index (χ4v) is 2.32. The molecule has 0 aliphatic carbocycles. The molecule has 0 aromatic heterocycles. The van der Waals surface area contributed by atoms with Crippen molar-refractivity contribution in [2.75, 3.05) is 13.2 Å². The van der Waals surface area contributed by atoms with Crippen LogP contribution in [-0.4, -0.2) is 52.3 Å². The molecule has 154 valence electrons. The number of imide groups is 1. The van der Waals surface area contributed by atoms with E-state index in [0.717, 1.165) is 6.42 Å². The van der Waals surface area contributed by atoms with Gasteiger partial charge >= 0.3 is 5.97 Å². The van der Waals surface area contributed by atoms with Crippen LogP contribution in [0.2, 0.25) is 0 Å². The lowest BCUT2D eigenvalue weighted by molar-refractivity contribution is -0.197. The van der Waals surface area contributed by atoms with Crippen LogP contribution in [0, 0.1) is 0 Å². The van der Waals surface area contributed by atoms with Crippen molar-refractivity contribution >= 4 is 36.3 Å². The van der Waals surface area contributed by atoms with Gasteiger partial charge in [-0.1, -0.05) is 13.8 Å². The molecule has 1 aliphatic rings. The molecular formula is C18H30N2O6S. The zero-order valence-electron chi connectivity index (χ0n) is 16.5. The molecule has 0 aromatic carbocycles. The Hall–Kier alpha value is -1.61. The van der Waals surface area contributed by atoms with E-state index in [4.69, 9.17) is 9.57 Å². The van der Waals surface area contributed by atoms with Crippen LogP contribution < -0.4 is 5.32 Å². The summed E-state index contributed by atoms with van der Waals surface area (Å²) in [5, 5.41) is 3.29. The molecule has 0 aromatic rings. The Kier molecular flexibility index (Phi) is 8.74. The predicted molar refractivity (Wildman–Crippen MR) is 102 cm³/mol. The van der Waals surface area contributed by atoms with E-state index >= 15 is 0 Å². The predicted octanol–water partition coefficient (Wildman–Crippen LogP) is 1.77. The summed E-state index contributed by atoms with van der Waals surface area (Å²) in [4.78, 5) is 51.0. The number of hydroxylamine groups is 2. The highest BCUT2D eigenvalue weighted by atomic mass is 32.1. The Bertz CT molecular complexity index is 555. The average molecular weight is 403 g/mol. The molecule has 0 unspecified atom stereocenters. The quantitative estimate of drug-likeness (QED) is 0.403. The maximum Gasteiger partial charge on any atom is 0.333 e. The molecule has 1 N–H and O–H groups in total. The first-order valence-corrected chi connectivity index (χ1v) is 9.54. The summed E-state index contributed by atoms with van der Waals surface area (Å²) in [5.41, 5.74) is -0.510. The zero-order chi connectivity index (χ0) is 20.7. The van der Waals surface area contributed by atoms with Gasteiger partial charge in [0.1, 0.15) is 0 Å². The monoisotopic (exact) mass is 402 g/mol. The lowest BCUT2D eigenvalue weighted by Crippen LogP contribution is -2.41. The molecule has 1 fully saturated rings. The van der Waals surface area contributed by atoms with Gasteiger partial charge in [-0.2, -0.15) is 12.6 Å². The lowest BCUT2D eigenvalue weighted by atomic mass is 10.1. The highest BCUT2D eigenvalue weighted by Gasteiger charge is 2.32. The molecule has 27 heavy (non-hydrogen) atoms. The number of amides is 3. The number of rotatable bonds is 11. The van der Waals surface area contributed by atoms with Gasteiger partial charge in [0.15, 0.2) is 0 Å². The SMILES string of the molecule is CC(C)(S)CCOC(C)(C)CNC(=O)CCCC(=O)ON1C(=O)CCC1=O. The topological polar surface area (TPSA) is 102 Å². The first-order chi connectivity index (χ1) is 12.4. The number of nitrogens with zero attached hydrogens (tertiary/aromatic N) is 1. The van der Waals surface area contributed by atoms with Gasteiger partial charge in [0.25, 0.3) is 11.8 Å². The standard InChI is InChI=1S/C18H30N2O6S/c1-17(2,25-11-10-18(3,4)27)12-19-13(21)6-5-7-16(24)26-20-14(22)8-9-15(20)23/h27H,5-12H2,1-4H3,(H,19,21). The van der Waals surface area contributed by atoms with Gasteiger partial charge in [-0.3, -0.25) is 14.4 Å². The summed E-state index contributed by atoms with van der Waals surface area (Å²) in [6.07, 6.45) is 1.24. The number of ether oxygens (including phenoxy) is 1. The summed E-state index contributed by atoms with van der Waals surface area (Å²) >= 11 is 4.44. The minimum absolute atomic E-state index is 0.0534. The Morgan fingerprint density at radius 2 is 1.70 bits per heavy atom. The van der Waals surface area contributed by atoms with Crippen molar-refractivity contribution in [3.05, 3.63) is 0 Å². The van der Waals surface area contributed by atoms with Crippen LogP contribution in [0.15, 0.2) is 0 Å². The van der Waals surface area contributed by atoms with Crippen LogP contribution >= 0.6 is 12.6 Å².